The summed E-state index contributed by atoms with van der Waals surface area (Å²) in [5.74, 6) is 1.37. The summed E-state index contributed by atoms with van der Waals surface area (Å²) < 4.78 is 7.27. The average Bonchev–Trinajstić information content (AvgIpc) is 3.54. The summed E-state index contributed by atoms with van der Waals surface area (Å²) >= 11 is 0. The van der Waals surface area contributed by atoms with E-state index in [0.29, 0.717) is 17.8 Å². The lowest BCUT2D eigenvalue weighted by molar-refractivity contribution is -0.208. The lowest BCUT2D eigenvalue weighted by atomic mass is 9.45. The topological polar surface area (TPSA) is 56.2 Å². The van der Waals surface area contributed by atoms with E-state index in [2.05, 4.69) is 46.2 Å². The third kappa shape index (κ3) is 2.44. The van der Waals surface area contributed by atoms with Crippen LogP contribution in [0.1, 0.15) is 42.4 Å². The lowest BCUT2D eigenvalue weighted by Crippen LogP contribution is -2.79. The summed E-state index contributed by atoms with van der Waals surface area (Å²) in [5, 5.41) is 22.7. The molecule has 178 valence electrons. The molecule has 3 aliphatic heterocycles. The van der Waals surface area contributed by atoms with E-state index in [-0.39, 0.29) is 17.6 Å². The predicted molar refractivity (Wildman–Crippen MR) is 129 cm³/mol. The summed E-state index contributed by atoms with van der Waals surface area (Å²) in [5.41, 5.74) is 3.07. The summed E-state index contributed by atoms with van der Waals surface area (Å²) in [7, 11) is 0. The van der Waals surface area contributed by atoms with E-state index in [4.69, 9.17) is 4.74 Å². The Balaban J connectivity index is 1.26. The highest BCUT2D eigenvalue weighted by molar-refractivity contribution is 5.53. The highest BCUT2D eigenvalue weighted by atomic mass is 16.5. The van der Waals surface area contributed by atoms with E-state index in [1.54, 1.807) is 0 Å². The van der Waals surface area contributed by atoms with Crippen molar-refractivity contribution < 1.29 is 14.9 Å². The number of rotatable bonds is 4. The van der Waals surface area contributed by atoms with Crippen molar-refractivity contribution >= 4 is 0 Å². The highest BCUT2D eigenvalue weighted by Gasteiger charge is 2.80. The zero-order valence-electron chi connectivity index (χ0n) is 19.6. The Bertz CT molecular complexity index is 1140. The number of fused-ring (bicyclic) bond motifs is 1. The molecule has 34 heavy (non-hydrogen) atoms. The van der Waals surface area contributed by atoms with Gasteiger partial charge in [-0.05, 0) is 66.8 Å². The Morgan fingerprint density at radius 2 is 1.85 bits per heavy atom. The maximum atomic E-state index is 12.1. The van der Waals surface area contributed by atoms with E-state index in [0.717, 1.165) is 51.4 Å². The number of hydrogen-bond donors (Lipinski definition) is 2. The summed E-state index contributed by atoms with van der Waals surface area (Å²) in [6.45, 7) is 3.69. The van der Waals surface area contributed by atoms with Crippen LogP contribution in [-0.2, 0) is 23.1 Å². The molecule has 2 N–H and O–H groups in total. The number of nitrogens with zero attached hydrogens (tertiary/aromatic N) is 2. The Morgan fingerprint density at radius 1 is 1.00 bits per heavy atom. The second-order valence-corrected chi connectivity index (χ2v) is 11.9. The van der Waals surface area contributed by atoms with Gasteiger partial charge in [0.25, 0.3) is 0 Å². The first-order valence-electron chi connectivity index (χ1n) is 13.3. The van der Waals surface area contributed by atoms with Gasteiger partial charge < -0.3 is 14.9 Å². The molecule has 4 bridgehead atoms. The number of aliphatic hydroxyl groups is 1. The van der Waals surface area contributed by atoms with Gasteiger partial charge in [-0.1, -0.05) is 36.4 Å². The number of aromatic hydroxyl groups is 1. The van der Waals surface area contributed by atoms with Gasteiger partial charge in [-0.15, -0.1) is 0 Å². The van der Waals surface area contributed by atoms with Gasteiger partial charge in [-0.25, -0.2) is 0 Å². The monoisotopic (exact) mass is 458 g/mol. The van der Waals surface area contributed by atoms with E-state index in [1.165, 1.54) is 29.5 Å². The number of aliphatic hydroxyl groups excluding tert-OH is 1. The fourth-order valence-electron chi connectivity index (χ4n) is 9.17. The maximum absolute atomic E-state index is 12.1. The van der Waals surface area contributed by atoms with Gasteiger partial charge in [-0.2, -0.15) is 0 Å². The Morgan fingerprint density at radius 3 is 2.68 bits per heavy atom. The first-order valence-corrected chi connectivity index (χ1v) is 13.3. The van der Waals surface area contributed by atoms with Crippen LogP contribution in [-0.4, -0.2) is 69.5 Å². The largest absolute Gasteiger partial charge is 0.508 e. The van der Waals surface area contributed by atoms with Crippen LogP contribution >= 0.6 is 0 Å². The van der Waals surface area contributed by atoms with Crippen LogP contribution in [0.15, 0.2) is 48.5 Å². The van der Waals surface area contributed by atoms with E-state index in [9.17, 15) is 10.2 Å². The van der Waals surface area contributed by atoms with E-state index in [1.807, 2.05) is 12.1 Å². The number of ether oxygens (including phenoxy) is 1. The molecule has 3 aliphatic carbocycles. The third-order valence-corrected chi connectivity index (χ3v) is 10.4. The average molecular weight is 459 g/mol. The van der Waals surface area contributed by atoms with Crippen LogP contribution in [0.4, 0.5) is 0 Å². The highest BCUT2D eigenvalue weighted by Crippen LogP contribution is 2.69. The third-order valence-electron chi connectivity index (χ3n) is 10.4. The molecular formula is C29H34N2O3. The predicted octanol–water partition coefficient (Wildman–Crippen LogP) is 3.07. The summed E-state index contributed by atoms with van der Waals surface area (Å²) in [4.78, 5) is 5.22. The number of β-amino-alcohol motifs (C(OH)–C–C–N with tert-alkyl or cyclic N) is 1. The van der Waals surface area contributed by atoms with Gasteiger partial charge in [0.05, 0.1) is 23.2 Å². The number of phenols is 1. The first kappa shape index (κ1) is 20.3. The molecule has 5 nitrogen and oxygen atoms in total. The second-order valence-electron chi connectivity index (χ2n) is 11.9. The molecule has 0 aromatic heterocycles. The van der Waals surface area contributed by atoms with Crippen molar-refractivity contribution in [1.82, 2.24) is 9.80 Å². The lowest BCUT2D eigenvalue weighted by Gasteiger charge is -2.66. The minimum atomic E-state index is -0.474. The molecule has 0 spiro atoms. The van der Waals surface area contributed by atoms with Crippen LogP contribution in [0.2, 0.25) is 0 Å². The molecule has 2 aromatic carbocycles. The van der Waals surface area contributed by atoms with Crippen LogP contribution in [0.3, 0.4) is 0 Å². The molecule has 6 aliphatic rings. The number of piperidine rings is 1. The van der Waals surface area contributed by atoms with Crippen molar-refractivity contribution in [3.63, 3.8) is 0 Å². The van der Waals surface area contributed by atoms with Crippen LogP contribution < -0.4 is 0 Å². The number of benzene rings is 2. The Kier molecular flexibility index (Phi) is 4.09. The van der Waals surface area contributed by atoms with Crippen molar-refractivity contribution in [1.29, 1.82) is 0 Å². The van der Waals surface area contributed by atoms with E-state index < -0.39 is 11.5 Å². The molecule has 0 unspecified atom stereocenters. The van der Waals surface area contributed by atoms with Crippen molar-refractivity contribution in [2.45, 2.75) is 74.0 Å². The maximum Gasteiger partial charge on any atom is 0.115 e. The summed E-state index contributed by atoms with van der Waals surface area (Å²) in [6, 6.07) is 17.4. The molecule has 0 amide bonds. The van der Waals surface area contributed by atoms with Gasteiger partial charge in [0.1, 0.15) is 5.75 Å². The van der Waals surface area contributed by atoms with Gasteiger partial charge in [0, 0.05) is 44.2 Å². The second kappa shape index (κ2) is 6.85. The molecule has 2 aromatic rings. The molecule has 3 heterocycles. The zero-order chi connectivity index (χ0) is 22.7. The zero-order valence-corrected chi connectivity index (χ0v) is 19.6. The Hall–Kier alpha value is -1.92. The first-order chi connectivity index (χ1) is 16.6. The van der Waals surface area contributed by atoms with Gasteiger partial charge in [0.2, 0.25) is 0 Å². The number of phenolic OH excluding ortho intramolecular Hbond substituents is 1. The fourth-order valence-corrected chi connectivity index (χ4v) is 9.17. The standard InChI is InChI=1S/C29H34N2O3/c32-21-9-8-20-12-25-28-11-10-23-27(24(34-28)16-30(23)14-18-4-2-1-3-5-18)29(28,22(20)13-21)26(33)17-31(25)15-19-6-7-19/h1-5,8-9,13,19,23-27,32-33H,6-7,10-12,14-17H2/t23-,24-,25-,26-,27+,28-,29-/m1/s1. The molecule has 8 rings (SSSR count). The fraction of sp³-hybridized carbons (Fsp3) is 0.586. The van der Waals surface area contributed by atoms with Crippen LogP contribution in [0.5, 0.6) is 5.75 Å². The van der Waals surface area contributed by atoms with Gasteiger partial charge >= 0.3 is 0 Å². The number of likely N-dealkylation sites (tertiary alicyclic amines) is 2. The quantitative estimate of drug-likeness (QED) is 0.738. The molecule has 7 atom stereocenters. The van der Waals surface area contributed by atoms with Gasteiger partial charge in [0.15, 0.2) is 0 Å². The molecule has 2 saturated carbocycles. The Labute approximate surface area is 201 Å². The SMILES string of the molecule is Oc1ccc2c(c1)[C@@]13[C@H]4[C@H]5CC[C@@]1(O[C@@H]4CN5Cc1ccccc1)[C@@H](C2)N(CC1CC1)C[C@H]3O. The molecule has 0 radical (unpaired) electrons. The molecule has 5 heteroatoms. The van der Waals surface area contributed by atoms with E-state index >= 15 is 0 Å². The number of hydrogen-bond acceptors (Lipinski definition) is 5. The van der Waals surface area contributed by atoms with Crippen molar-refractivity contribution in [2.75, 3.05) is 19.6 Å². The van der Waals surface area contributed by atoms with Gasteiger partial charge in [-0.3, -0.25) is 9.80 Å². The normalized spacial score (nSPS) is 42.4. The van der Waals surface area contributed by atoms with Crippen molar-refractivity contribution in [2.24, 2.45) is 11.8 Å². The molecule has 5 fully saturated rings. The minimum absolute atomic E-state index is 0.141. The molecule has 3 saturated heterocycles. The summed E-state index contributed by atoms with van der Waals surface area (Å²) in [6.07, 6.45) is 5.41. The van der Waals surface area contributed by atoms with Crippen LogP contribution in [0.25, 0.3) is 0 Å². The van der Waals surface area contributed by atoms with Crippen LogP contribution in [0, 0.1) is 11.8 Å². The smallest absolute Gasteiger partial charge is 0.115 e. The molecular weight excluding hydrogens is 424 g/mol. The minimum Gasteiger partial charge on any atom is -0.508 e. The van der Waals surface area contributed by atoms with Crippen molar-refractivity contribution in [3.8, 4) is 5.75 Å². The van der Waals surface area contributed by atoms with Crippen molar-refractivity contribution in [3.05, 3.63) is 65.2 Å².